The topological polar surface area (TPSA) is 58.2 Å². The van der Waals surface area contributed by atoms with Gasteiger partial charge in [-0.1, -0.05) is 29.3 Å². The predicted octanol–water partition coefficient (Wildman–Crippen LogP) is 2.66. The highest BCUT2D eigenvalue weighted by Crippen LogP contribution is 2.29. The summed E-state index contributed by atoms with van der Waals surface area (Å²) in [5, 5.41) is 3.55. The molecular formula is C13H18Cl2N2O2S. The van der Waals surface area contributed by atoms with E-state index in [0.717, 1.165) is 25.9 Å². The van der Waals surface area contributed by atoms with Crippen LogP contribution in [0.25, 0.3) is 0 Å². The van der Waals surface area contributed by atoms with Crippen LogP contribution in [0.5, 0.6) is 0 Å². The molecule has 2 atom stereocenters. The molecule has 2 N–H and O–H groups in total. The Balaban J connectivity index is 2.18. The maximum Gasteiger partial charge on any atom is 0.243 e. The van der Waals surface area contributed by atoms with E-state index >= 15 is 0 Å². The van der Waals surface area contributed by atoms with Crippen molar-refractivity contribution in [1.29, 1.82) is 0 Å². The smallest absolute Gasteiger partial charge is 0.243 e. The first-order valence-electron chi connectivity index (χ1n) is 6.59. The molecule has 1 saturated heterocycles. The highest BCUT2D eigenvalue weighted by Gasteiger charge is 2.27. The molecule has 112 valence electrons. The zero-order valence-corrected chi connectivity index (χ0v) is 13.5. The minimum absolute atomic E-state index is 0.0426. The van der Waals surface area contributed by atoms with Crippen LogP contribution >= 0.6 is 23.2 Å². The second-order valence-electron chi connectivity index (χ2n) is 5.07. The summed E-state index contributed by atoms with van der Waals surface area (Å²) in [6.07, 6.45) is 2.07. The molecule has 1 heterocycles. The number of halogens is 2. The second-order valence-corrected chi connectivity index (χ2v) is 7.53. The average Bonchev–Trinajstić information content (AvgIpc) is 2.38. The summed E-state index contributed by atoms with van der Waals surface area (Å²) in [5.41, 5.74) is 0. The van der Waals surface area contributed by atoms with Gasteiger partial charge in [0.15, 0.2) is 0 Å². The number of benzene rings is 1. The van der Waals surface area contributed by atoms with E-state index in [4.69, 9.17) is 23.2 Å². The summed E-state index contributed by atoms with van der Waals surface area (Å²) in [7, 11) is -3.71. The first-order valence-corrected chi connectivity index (χ1v) is 8.83. The number of nitrogens with one attached hydrogen (secondary N) is 2. The summed E-state index contributed by atoms with van der Waals surface area (Å²) < 4.78 is 27.5. The van der Waals surface area contributed by atoms with Crippen molar-refractivity contribution in [1.82, 2.24) is 10.0 Å². The molecule has 2 rings (SSSR count). The van der Waals surface area contributed by atoms with Crippen LogP contribution in [0.2, 0.25) is 10.0 Å². The molecule has 1 aliphatic rings. The maximum absolute atomic E-state index is 12.4. The third-order valence-electron chi connectivity index (χ3n) is 3.57. The zero-order valence-electron chi connectivity index (χ0n) is 11.2. The second kappa shape index (κ2) is 6.62. The van der Waals surface area contributed by atoms with Crippen molar-refractivity contribution in [3.63, 3.8) is 0 Å². The van der Waals surface area contributed by atoms with E-state index in [1.165, 1.54) is 12.1 Å². The van der Waals surface area contributed by atoms with E-state index in [1.54, 1.807) is 6.07 Å². The Morgan fingerprint density at radius 1 is 1.35 bits per heavy atom. The highest BCUT2D eigenvalue weighted by atomic mass is 35.5. The molecular weight excluding hydrogens is 319 g/mol. The van der Waals surface area contributed by atoms with Crippen molar-refractivity contribution in [2.24, 2.45) is 5.92 Å². The van der Waals surface area contributed by atoms with Gasteiger partial charge >= 0.3 is 0 Å². The number of hydrogen-bond donors (Lipinski definition) is 2. The van der Waals surface area contributed by atoms with Crippen LogP contribution in [0.15, 0.2) is 23.1 Å². The number of sulfonamides is 1. The monoisotopic (exact) mass is 336 g/mol. The lowest BCUT2D eigenvalue weighted by Crippen LogP contribution is -2.44. The van der Waals surface area contributed by atoms with Gasteiger partial charge in [-0.15, -0.1) is 0 Å². The van der Waals surface area contributed by atoms with Gasteiger partial charge in [0.2, 0.25) is 10.0 Å². The van der Waals surface area contributed by atoms with Gasteiger partial charge in [-0.05, 0) is 50.9 Å². The van der Waals surface area contributed by atoms with Crippen molar-refractivity contribution in [3.05, 3.63) is 28.2 Å². The summed E-state index contributed by atoms with van der Waals surface area (Å²) in [6.45, 7) is 3.69. The lowest BCUT2D eigenvalue weighted by Gasteiger charge is -2.28. The van der Waals surface area contributed by atoms with Gasteiger partial charge in [-0.3, -0.25) is 0 Å². The minimum Gasteiger partial charge on any atom is -0.316 e. The maximum atomic E-state index is 12.4. The number of rotatable bonds is 4. The average molecular weight is 337 g/mol. The Morgan fingerprint density at radius 3 is 2.55 bits per heavy atom. The Bertz CT molecular complexity index is 551. The standard InChI is InChI=1S/C13H18Cl2N2O2S/c1-9(10-4-3-7-16-8-10)17-20(18,19)13-11(14)5-2-6-12(13)15/h2,5-6,9-10,16-17H,3-4,7-8H2,1H3. The molecule has 0 spiro atoms. The largest absolute Gasteiger partial charge is 0.316 e. The lowest BCUT2D eigenvalue weighted by atomic mass is 9.94. The van der Waals surface area contributed by atoms with Crippen LogP contribution in [0, 0.1) is 5.92 Å². The number of piperidine rings is 1. The Hall–Kier alpha value is -0.330. The first-order chi connectivity index (χ1) is 9.42. The van der Waals surface area contributed by atoms with Crippen molar-refractivity contribution in [2.75, 3.05) is 13.1 Å². The lowest BCUT2D eigenvalue weighted by molar-refractivity contribution is 0.320. The van der Waals surface area contributed by atoms with E-state index in [-0.39, 0.29) is 26.9 Å². The highest BCUT2D eigenvalue weighted by molar-refractivity contribution is 7.89. The Labute approximate surface area is 129 Å². The van der Waals surface area contributed by atoms with E-state index in [9.17, 15) is 8.42 Å². The fraction of sp³-hybridized carbons (Fsp3) is 0.538. The van der Waals surface area contributed by atoms with Gasteiger partial charge < -0.3 is 5.32 Å². The molecule has 20 heavy (non-hydrogen) atoms. The van der Waals surface area contributed by atoms with Crippen LogP contribution in [0.4, 0.5) is 0 Å². The van der Waals surface area contributed by atoms with Gasteiger partial charge in [0.25, 0.3) is 0 Å². The minimum atomic E-state index is -3.71. The normalized spacial score (nSPS) is 21.6. The van der Waals surface area contributed by atoms with Gasteiger partial charge in [0, 0.05) is 6.04 Å². The van der Waals surface area contributed by atoms with E-state index < -0.39 is 10.0 Å². The van der Waals surface area contributed by atoms with E-state index in [0.29, 0.717) is 0 Å². The predicted molar refractivity (Wildman–Crippen MR) is 81.8 cm³/mol. The molecule has 4 nitrogen and oxygen atoms in total. The molecule has 0 radical (unpaired) electrons. The molecule has 0 aliphatic carbocycles. The van der Waals surface area contributed by atoms with Crippen molar-refractivity contribution >= 4 is 33.2 Å². The van der Waals surface area contributed by atoms with Crippen LogP contribution < -0.4 is 10.0 Å². The summed E-state index contributed by atoms with van der Waals surface area (Å²) >= 11 is 11.9. The fourth-order valence-corrected chi connectivity index (χ4v) is 4.90. The molecule has 1 aliphatic heterocycles. The first kappa shape index (κ1) is 16.0. The quantitative estimate of drug-likeness (QED) is 0.888. The van der Waals surface area contributed by atoms with Crippen molar-refractivity contribution in [3.8, 4) is 0 Å². The Kier molecular flexibility index (Phi) is 5.31. The summed E-state index contributed by atoms with van der Waals surface area (Å²) in [4.78, 5) is -0.0426. The van der Waals surface area contributed by atoms with Crippen LogP contribution in [-0.4, -0.2) is 27.5 Å². The molecule has 2 unspecified atom stereocenters. The van der Waals surface area contributed by atoms with Crippen molar-refractivity contribution < 1.29 is 8.42 Å². The summed E-state index contributed by atoms with van der Waals surface area (Å²) in [5.74, 6) is 0.278. The van der Waals surface area contributed by atoms with E-state index in [2.05, 4.69) is 10.0 Å². The molecule has 7 heteroatoms. The van der Waals surface area contributed by atoms with Gasteiger partial charge in [-0.25, -0.2) is 13.1 Å². The van der Waals surface area contributed by atoms with Gasteiger partial charge in [-0.2, -0.15) is 0 Å². The van der Waals surface area contributed by atoms with Crippen LogP contribution in [0.3, 0.4) is 0 Å². The summed E-state index contributed by atoms with van der Waals surface area (Å²) in [6, 6.07) is 4.50. The molecule has 0 amide bonds. The van der Waals surface area contributed by atoms with Crippen molar-refractivity contribution in [2.45, 2.75) is 30.7 Å². The molecule has 0 aromatic heterocycles. The van der Waals surface area contributed by atoms with Gasteiger partial charge in [0.1, 0.15) is 4.90 Å². The van der Waals surface area contributed by atoms with Gasteiger partial charge in [0.05, 0.1) is 10.0 Å². The third kappa shape index (κ3) is 3.65. The Morgan fingerprint density at radius 2 is 2.00 bits per heavy atom. The molecule has 0 saturated carbocycles. The van der Waals surface area contributed by atoms with Crippen LogP contribution in [-0.2, 0) is 10.0 Å². The number of hydrogen-bond acceptors (Lipinski definition) is 3. The molecule has 0 bridgehead atoms. The molecule has 1 aromatic carbocycles. The molecule has 1 fully saturated rings. The zero-order chi connectivity index (χ0) is 14.8. The van der Waals surface area contributed by atoms with Crippen LogP contribution in [0.1, 0.15) is 19.8 Å². The van der Waals surface area contributed by atoms with E-state index in [1.807, 2.05) is 6.92 Å². The molecule has 1 aromatic rings. The fourth-order valence-electron chi connectivity index (χ4n) is 2.44. The SMILES string of the molecule is CC(NS(=O)(=O)c1c(Cl)cccc1Cl)C1CCCNC1. The third-order valence-corrected chi connectivity index (χ3v) is 6.08.